The number of thiophene rings is 1. The van der Waals surface area contributed by atoms with Gasteiger partial charge in [0.1, 0.15) is 0 Å². The summed E-state index contributed by atoms with van der Waals surface area (Å²) < 4.78 is 0. The highest BCUT2D eigenvalue weighted by Gasteiger charge is 2.55. The van der Waals surface area contributed by atoms with Gasteiger partial charge in [0.05, 0.1) is 73.9 Å². The van der Waals surface area contributed by atoms with Crippen LogP contribution in [-0.4, -0.2) is 13.4 Å². The van der Waals surface area contributed by atoms with Crippen molar-refractivity contribution in [1.82, 2.24) is 0 Å². The second-order valence-corrected chi connectivity index (χ2v) is 26.7. The lowest BCUT2D eigenvalue weighted by Crippen LogP contribution is -2.66. The van der Waals surface area contributed by atoms with Crippen molar-refractivity contribution in [2.24, 2.45) is 0 Å². The first kappa shape index (κ1) is 49.8. The highest BCUT2D eigenvalue weighted by Crippen LogP contribution is 2.65. The van der Waals surface area contributed by atoms with Crippen LogP contribution in [0.4, 0.5) is 119 Å². The highest BCUT2D eigenvalue weighted by molar-refractivity contribution is 7.13. The Morgan fingerprint density at radius 1 is 0.275 bits per heavy atom. The van der Waals surface area contributed by atoms with Gasteiger partial charge in [-0.25, -0.2) is 0 Å². The summed E-state index contributed by atoms with van der Waals surface area (Å²) in [4.78, 5) is 20.9. The summed E-state index contributed by atoms with van der Waals surface area (Å²) in [6.45, 7) is 6.75. The fraction of sp³-hybridized carbons (Fsp3) is 0.0370. The number of nitrogens with zero attached hydrogens (tertiary/aromatic N) is 7. The van der Waals surface area contributed by atoms with E-state index in [1.165, 1.54) is 144 Å². The Morgan fingerprint density at radius 3 is 1.08 bits per heavy atom. The van der Waals surface area contributed by atoms with Gasteiger partial charge < -0.3 is 34.3 Å². The zero-order valence-corrected chi connectivity index (χ0v) is 50.9. The molecular weight excluding hydrogens is 1120 g/mol. The third-order valence-corrected chi connectivity index (χ3v) is 21.5. The molecule has 7 aliphatic rings. The Bertz CT molecular complexity index is 5500. The Balaban J connectivity index is 0.916. The SMILES string of the molecule is Cc1cc2c3c(c1)N1c4c(ccc5c4N(c4cc(N(c6ccccc6)c6ccccc6)cc6c4B5c4cc5ccccc5c5c4N6c4ccccc4N5c4ccccc4)c4c(C)sc(C)c41)B3c1cc3ccccc3c3c1N2c1ccccc1N3c1ccccc1. The summed E-state index contributed by atoms with van der Waals surface area (Å²) in [5.74, 6) is 0. The smallest absolute Gasteiger partial charge is 0.252 e. The number of para-hydroxylation sites is 8. The molecule has 0 saturated heterocycles. The van der Waals surface area contributed by atoms with Crippen LogP contribution in [0.3, 0.4) is 0 Å². The Hall–Kier alpha value is -11.2. The van der Waals surface area contributed by atoms with Crippen LogP contribution in [0.25, 0.3) is 21.5 Å². The second kappa shape index (κ2) is 18.0. The first-order valence-corrected chi connectivity index (χ1v) is 32.5. The lowest BCUT2D eigenvalue weighted by molar-refractivity contribution is 1.15. The lowest BCUT2D eigenvalue weighted by atomic mass is 9.30. The van der Waals surface area contributed by atoms with Crippen LogP contribution >= 0.6 is 11.3 Å². The van der Waals surface area contributed by atoms with Crippen LogP contribution in [0, 0.1) is 20.8 Å². The fourth-order valence-electron chi connectivity index (χ4n) is 17.2. The second-order valence-electron chi connectivity index (χ2n) is 25.3. The third-order valence-electron chi connectivity index (χ3n) is 20.5. The molecule has 1 aromatic heterocycles. The first-order chi connectivity index (χ1) is 45.0. The number of rotatable bonds is 5. The molecule has 0 bridgehead atoms. The Labute approximate surface area is 532 Å². The van der Waals surface area contributed by atoms with Crippen LogP contribution in [-0.2, 0) is 0 Å². The van der Waals surface area contributed by atoms with E-state index in [0.717, 1.165) is 45.5 Å². The molecule has 424 valence electrons. The maximum absolute atomic E-state index is 2.75. The average Bonchev–Trinajstić information content (AvgIpc) is 1.47. The van der Waals surface area contributed by atoms with E-state index in [9.17, 15) is 0 Å². The molecule has 0 aliphatic carbocycles. The molecule has 21 rings (SSSR count). The predicted octanol–water partition coefficient (Wildman–Crippen LogP) is 18.5. The van der Waals surface area contributed by atoms with E-state index in [0.29, 0.717) is 0 Å². The van der Waals surface area contributed by atoms with Gasteiger partial charge in [0.15, 0.2) is 0 Å². The number of aryl methyl sites for hydroxylation is 3. The normalized spacial score (nSPS) is 14.1. The first-order valence-electron chi connectivity index (χ1n) is 31.7. The van der Waals surface area contributed by atoms with E-state index in [2.05, 4.69) is 322 Å². The molecule has 7 nitrogen and oxygen atoms in total. The van der Waals surface area contributed by atoms with E-state index in [4.69, 9.17) is 0 Å². The van der Waals surface area contributed by atoms with Gasteiger partial charge in [-0.15, -0.1) is 11.3 Å². The minimum absolute atomic E-state index is 0.121. The molecule has 0 spiro atoms. The van der Waals surface area contributed by atoms with Gasteiger partial charge in [0.25, 0.3) is 13.4 Å². The molecule has 91 heavy (non-hydrogen) atoms. The van der Waals surface area contributed by atoms with E-state index < -0.39 is 0 Å². The predicted molar refractivity (Wildman–Crippen MR) is 386 cm³/mol. The van der Waals surface area contributed by atoms with Gasteiger partial charge in [0.2, 0.25) is 0 Å². The summed E-state index contributed by atoms with van der Waals surface area (Å²) in [5.41, 5.74) is 34.0. The zero-order chi connectivity index (χ0) is 59.6. The molecule has 7 aliphatic heterocycles. The molecule has 0 fully saturated rings. The van der Waals surface area contributed by atoms with E-state index in [1.807, 2.05) is 11.3 Å². The lowest BCUT2D eigenvalue weighted by Gasteiger charge is -2.53. The number of hydrogen-bond donors (Lipinski definition) is 0. The monoisotopic (exact) mass is 1180 g/mol. The van der Waals surface area contributed by atoms with Crippen LogP contribution in [0.2, 0.25) is 0 Å². The van der Waals surface area contributed by atoms with Crippen LogP contribution in [0.15, 0.2) is 267 Å². The molecule has 0 unspecified atom stereocenters. The van der Waals surface area contributed by atoms with Crippen molar-refractivity contribution in [3.05, 3.63) is 282 Å². The molecule has 13 aromatic carbocycles. The number of benzene rings is 13. The molecule has 0 amide bonds. The number of anilines is 21. The molecule has 0 N–H and O–H groups in total. The van der Waals surface area contributed by atoms with Crippen molar-refractivity contribution in [1.29, 1.82) is 0 Å². The van der Waals surface area contributed by atoms with E-state index in [1.54, 1.807) is 0 Å². The molecule has 0 saturated carbocycles. The van der Waals surface area contributed by atoms with Gasteiger partial charge in [-0.1, -0.05) is 170 Å². The molecule has 0 radical (unpaired) electrons. The van der Waals surface area contributed by atoms with Gasteiger partial charge in [-0.2, -0.15) is 0 Å². The number of hydrogen-bond acceptors (Lipinski definition) is 8. The molecule has 8 heterocycles. The Morgan fingerprint density at radius 2 is 0.626 bits per heavy atom. The average molecular weight is 1180 g/mol. The molecule has 0 atom stereocenters. The van der Waals surface area contributed by atoms with Gasteiger partial charge in [0, 0.05) is 66.0 Å². The molecule has 10 heteroatoms. The van der Waals surface area contributed by atoms with Gasteiger partial charge >= 0.3 is 0 Å². The summed E-state index contributed by atoms with van der Waals surface area (Å²) >= 11 is 1.93. The topological polar surface area (TPSA) is 22.7 Å². The van der Waals surface area contributed by atoms with Crippen LogP contribution in [0.1, 0.15) is 15.3 Å². The summed E-state index contributed by atoms with van der Waals surface area (Å²) in [7, 11) is 0. The highest BCUT2D eigenvalue weighted by atomic mass is 32.1. The Kier molecular flexibility index (Phi) is 9.84. The van der Waals surface area contributed by atoms with Gasteiger partial charge in [-0.05, 0) is 167 Å². The molecular formula is C81H53B2N7S. The summed E-state index contributed by atoms with van der Waals surface area (Å²) in [5, 5.41) is 4.89. The van der Waals surface area contributed by atoms with Crippen molar-refractivity contribution in [2.45, 2.75) is 20.8 Å². The van der Waals surface area contributed by atoms with Crippen molar-refractivity contribution < 1.29 is 0 Å². The molecule has 14 aromatic rings. The zero-order valence-electron chi connectivity index (χ0n) is 50.1. The van der Waals surface area contributed by atoms with Crippen molar-refractivity contribution in [3.8, 4) is 0 Å². The van der Waals surface area contributed by atoms with Crippen molar-refractivity contribution in [3.63, 3.8) is 0 Å². The minimum atomic E-state index is -0.167. The fourth-order valence-corrected chi connectivity index (χ4v) is 18.3. The third kappa shape index (κ3) is 6.39. The van der Waals surface area contributed by atoms with E-state index >= 15 is 0 Å². The number of fused-ring (bicyclic) bond motifs is 19. The largest absolute Gasteiger partial charge is 0.310 e. The van der Waals surface area contributed by atoms with Crippen LogP contribution in [0.5, 0.6) is 0 Å². The van der Waals surface area contributed by atoms with Crippen LogP contribution < -0.4 is 67.1 Å². The standard InChI is InChI=1S/C81H53B2N7S/c1-48-42-68-72-69(43-48)89-74-49(2)91-50(3)75(74)90-71-47-57(84(53-26-8-4-9-27-53)54-28-10-5-11-29-54)46-70-73(71)83(63-45-52-25-17-19-35-59(52)77-81(63)88(70)67-39-23-21-37-65(67)86(77)56-32-14-7-15-33-56)61-41-40-60(78(89)79(61)90)82(72)62-44-51-24-16-18-34-58(51)76-80(62)87(68)66-38-22-20-36-64(66)85(76)55-30-12-6-13-31-55/h4-47H,1-3H3. The van der Waals surface area contributed by atoms with E-state index in [-0.39, 0.29) is 13.4 Å². The summed E-state index contributed by atoms with van der Waals surface area (Å²) in [6, 6.07) is 101. The maximum atomic E-state index is 2.75. The van der Waals surface area contributed by atoms with Crippen molar-refractivity contribution in [2.75, 3.05) is 34.3 Å². The van der Waals surface area contributed by atoms with Gasteiger partial charge in [-0.3, -0.25) is 0 Å². The quantitative estimate of drug-likeness (QED) is 0.158. The summed E-state index contributed by atoms with van der Waals surface area (Å²) in [6.07, 6.45) is 0. The van der Waals surface area contributed by atoms with Crippen molar-refractivity contribution >= 4 is 199 Å². The minimum Gasteiger partial charge on any atom is -0.310 e. The maximum Gasteiger partial charge on any atom is 0.252 e.